The zero-order valence-electron chi connectivity index (χ0n) is 14.8. The molecule has 0 aromatic heterocycles. The Morgan fingerprint density at radius 2 is 1.92 bits per heavy atom. The van der Waals surface area contributed by atoms with Gasteiger partial charge in [0.2, 0.25) is 0 Å². The van der Waals surface area contributed by atoms with E-state index in [1.165, 1.54) is 4.90 Å². The van der Waals surface area contributed by atoms with Gasteiger partial charge < -0.3 is 20.1 Å². The van der Waals surface area contributed by atoms with Crippen LogP contribution in [0.4, 0.5) is 0 Å². The summed E-state index contributed by atoms with van der Waals surface area (Å²) >= 11 is 1.86. The molecule has 0 saturated heterocycles. The third-order valence-electron chi connectivity index (χ3n) is 3.05. The third-order valence-corrected chi connectivity index (χ3v) is 4.16. The highest BCUT2D eigenvalue weighted by Crippen LogP contribution is 2.21. The van der Waals surface area contributed by atoms with Crippen LogP contribution in [0.15, 0.2) is 40.2 Å². The molecule has 138 valence electrons. The second-order valence-electron chi connectivity index (χ2n) is 5.08. The van der Waals surface area contributed by atoms with Gasteiger partial charge in [0.05, 0.1) is 13.2 Å². The molecule has 2 N–H and O–H groups in total. The van der Waals surface area contributed by atoms with Gasteiger partial charge in [0.15, 0.2) is 5.96 Å². The molecule has 1 rings (SSSR count). The van der Waals surface area contributed by atoms with Crippen LogP contribution < -0.4 is 10.6 Å². The van der Waals surface area contributed by atoms with E-state index in [9.17, 15) is 0 Å². The second kappa shape index (κ2) is 16.0. The molecule has 0 radical (unpaired) electrons. The SMILES string of the molecule is CN=C(NCCCOCCOC)NCC(C)Sc1ccccc1.I. The number of nitrogens with one attached hydrogen (secondary N) is 2. The van der Waals surface area contributed by atoms with Gasteiger partial charge >= 0.3 is 0 Å². The predicted molar refractivity (Wildman–Crippen MR) is 114 cm³/mol. The Hall–Kier alpha value is -0.510. The van der Waals surface area contributed by atoms with Crippen molar-refractivity contribution in [2.24, 2.45) is 4.99 Å². The zero-order chi connectivity index (χ0) is 16.8. The molecule has 1 aromatic carbocycles. The molecule has 0 saturated carbocycles. The maximum absolute atomic E-state index is 5.43. The average molecular weight is 467 g/mol. The Bertz CT molecular complexity index is 435. The minimum atomic E-state index is 0. The highest BCUT2D eigenvalue weighted by molar-refractivity contribution is 14.0. The largest absolute Gasteiger partial charge is 0.382 e. The highest BCUT2D eigenvalue weighted by atomic mass is 127. The summed E-state index contributed by atoms with van der Waals surface area (Å²) in [5, 5.41) is 7.12. The highest BCUT2D eigenvalue weighted by Gasteiger charge is 2.05. The molecule has 0 aliphatic rings. The molecule has 24 heavy (non-hydrogen) atoms. The van der Waals surface area contributed by atoms with Crippen LogP contribution in [0.2, 0.25) is 0 Å². The normalized spacial score (nSPS) is 12.4. The summed E-state index contributed by atoms with van der Waals surface area (Å²) in [6.07, 6.45) is 0.943. The number of methoxy groups -OCH3 is 1. The van der Waals surface area contributed by atoms with Crippen LogP contribution >= 0.6 is 35.7 Å². The molecule has 0 heterocycles. The Balaban J connectivity index is 0.00000529. The van der Waals surface area contributed by atoms with Gasteiger partial charge in [-0.15, -0.1) is 35.7 Å². The van der Waals surface area contributed by atoms with Gasteiger partial charge in [-0.2, -0.15) is 0 Å². The lowest BCUT2D eigenvalue weighted by Crippen LogP contribution is -2.40. The number of benzene rings is 1. The number of rotatable bonds is 11. The van der Waals surface area contributed by atoms with Crippen molar-refractivity contribution in [1.29, 1.82) is 0 Å². The van der Waals surface area contributed by atoms with Crippen molar-refractivity contribution >= 4 is 41.7 Å². The maximum Gasteiger partial charge on any atom is 0.191 e. The first kappa shape index (κ1) is 23.5. The summed E-state index contributed by atoms with van der Waals surface area (Å²) < 4.78 is 10.4. The molecule has 0 spiro atoms. The minimum absolute atomic E-state index is 0. The minimum Gasteiger partial charge on any atom is -0.382 e. The van der Waals surface area contributed by atoms with Crippen molar-refractivity contribution in [2.45, 2.75) is 23.5 Å². The van der Waals surface area contributed by atoms with Crippen LogP contribution in [0.25, 0.3) is 0 Å². The van der Waals surface area contributed by atoms with Crippen molar-refractivity contribution in [3.63, 3.8) is 0 Å². The monoisotopic (exact) mass is 467 g/mol. The molecule has 0 fully saturated rings. The summed E-state index contributed by atoms with van der Waals surface area (Å²) in [6.45, 7) is 5.94. The van der Waals surface area contributed by atoms with E-state index in [1.54, 1.807) is 14.2 Å². The number of ether oxygens (including phenoxy) is 2. The van der Waals surface area contributed by atoms with Crippen molar-refractivity contribution in [3.8, 4) is 0 Å². The summed E-state index contributed by atoms with van der Waals surface area (Å²) in [6, 6.07) is 10.4. The fourth-order valence-corrected chi connectivity index (χ4v) is 2.80. The van der Waals surface area contributed by atoms with Crippen molar-refractivity contribution in [2.75, 3.05) is 47.1 Å². The summed E-state index contributed by atoms with van der Waals surface area (Å²) in [4.78, 5) is 5.53. The molecule has 1 unspecified atom stereocenters. The number of aliphatic imine (C=N–C) groups is 1. The van der Waals surface area contributed by atoms with E-state index < -0.39 is 0 Å². The number of nitrogens with zero attached hydrogens (tertiary/aromatic N) is 1. The first-order chi connectivity index (χ1) is 11.3. The number of hydrogen-bond donors (Lipinski definition) is 2. The number of thioether (sulfide) groups is 1. The fraction of sp³-hybridized carbons (Fsp3) is 0.588. The summed E-state index contributed by atoms with van der Waals surface area (Å²) in [5.41, 5.74) is 0. The van der Waals surface area contributed by atoms with Crippen molar-refractivity contribution in [1.82, 2.24) is 10.6 Å². The van der Waals surface area contributed by atoms with E-state index in [4.69, 9.17) is 9.47 Å². The van der Waals surface area contributed by atoms with E-state index in [0.717, 1.165) is 32.1 Å². The lowest BCUT2D eigenvalue weighted by atomic mass is 10.4. The molecular formula is C17H30IN3O2S. The van der Waals surface area contributed by atoms with Gasteiger partial charge in [-0.3, -0.25) is 4.99 Å². The van der Waals surface area contributed by atoms with Gasteiger partial charge in [0, 0.05) is 44.0 Å². The molecular weight excluding hydrogens is 437 g/mol. The third kappa shape index (κ3) is 11.9. The Morgan fingerprint density at radius 3 is 2.58 bits per heavy atom. The number of halogens is 1. The average Bonchev–Trinajstić information content (AvgIpc) is 2.57. The Kier molecular flexibility index (Phi) is 15.6. The molecule has 0 aliphatic carbocycles. The van der Waals surface area contributed by atoms with Crippen molar-refractivity contribution < 1.29 is 9.47 Å². The molecule has 0 aliphatic heterocycles. The summed E-state index contributed by atoms with van der Waals surface area (Å²) in [7, 11) is 3.47. The predicted octanol–water partition coefficient (Wildman–Crippen LogP) is 3.00. The molecule has 1 aromatic rings. The standard InChI is InChI=1S/C17H29N3O2S.HI/c1-15(23-16-8-5-4-6-9-16)14-20-17(18-2)19-10-7-11-22-13-12-21-3;/h4-6,8-9,15H,7,10-14H2,1-3H3,(H2,18,19,20);1H. The first-order valence-corrected chi connectivity index (χ1v) is 8.87. The van der Waals surface area contributed by atoms with E-state index in [-0.39, 0.29) is 24.0 Å². The topological polar surface area (TPSA) is 54.9 Å². The number of guanidine groups is 1. The van der Waals surface area contributed by atoms with Crippen LogP contribution in [0.1, 0.15) is 13.3 Å². The molecule has 5 nitrogen and oxygen atoms in total. The first-order valence-electron chi connectivity index (χ1n) is 7.99. The molecule has 0 amide bonds. The van der Waals surface area contributed by atoms with E-state index in [1.807, 2.05) is 17.8 Å². The fourth-order valence-electron chi connectivity index (χ4n) is 1.86. The van der Waals surface area contributed by atoms with Gasteiger partial charge in [-0.25, -0.2) is 0 Å². The number of hydrogen-bond acceptors (Lipinski definition) is 4. The van der Waals surface area contributed by atoms with Gasteiger partial charge in [0.1, 0.15) is 0 Å². The lowest BCUT2D eigenvalue weighted by molar-refractivity contribution is 0.0698. The Labute approximate surface area is 167 Å². The molecule has 1 atom stereocenters. The smallest absolute Gasteiger partial charge is 0.191 e. The second-order valence-corrected chi connectivity index (χ2v) is 6.59. The van der Waals surface area contributed by atoms with Gasteiger partial charge in [-0.05, 0) is 18.6 Å². The molecule has 0 bridgehead atoms. The van der Waals surface area contributed by atoms with E-state index in [0.29, 0.717) is 18.5 Å². The van der Waals surface area contributed by atoms with Crippen LogP contribution in [0.3, 0.4) is 0 Å². The van der Waals surface area contributed by atoms with E-state index >= 15 is 0 Å². The van der Waals surface area contributed by atoms with Crippen LogP contribution in [0, 0.1) is 0 Å². The van der Waals surface area contributed by atoms with Crippen LogP contribution in [0.5, 0.6) is 0 Å². The zero-order valence-corrected chi connectivity index (χ0v) is 17.9. The Morgan fingerprint density at radius 1 is 1.17 bits per heavy atom. The van der Waals surface area contributed by atoms with Gasteiger partial charge in [-0.1, -0.05) is 25.1 Å². The molecule has 7 heteroatoms. The van der Waals surface area contributed by atoms with Gasteiger partial charge in [0.25, 0.3) is 0 Å². The maximum atomic E-state index is 5.43. The van der Waals surface area contributed by atoms with Crippen molar-refractivity contribution in [3.05, 3.63) is 30.3 Å². The van der Waals surface area contributed by atoms with Crippen LogP contribution in [-0.2, 0) is 9.47 Å². The van der Waals surface area contributed by atoms with Crippen LogP contribution in [-0.4, -0.2) is 58.3 Å². The summed E-state index contributed by atoms with van der Waals surface area (Å²) in [5.74, 6) is 0.836. The quantitative estimate of drug-likeness (QED) is 0.172. The lowest BCUT2D eigenvalue weighted by Gasteiger charge is -2.16. The van der Waals surface area contributed by atoms with E-state index in [2.05, 4.69) is 46.8 Å².